The van der Waals surface area contributed by atoms with E-state index < -0.39 is 5.60 Å². The molecule has 0 aromatic carbocycles. The van der Waals surface area contributed by atoms with Gasteiger partial charge in [-0.05, 0) is 55.3 Å². The summed E-state index contributed by atoms with van der Waals surface area (Å²) in [5.41, 5.74) is -0.611. The average Bonchev–Trinajstić information content (AvgIpc) is 3.30. The number of fused-ring (bicyclic) bond motifs is 1. The largest absolute Gasteiger partial charge is 0.393 e. The third kappa shape index (κ3) is 2.56. The summed E-state index contributed by atoms with van der Waals surface area (Å²) in [6.45, 7) is 10.4. The molecule has 138 valence electrons. The molecule has 1 spiro atoms. The zero-order chi connectivity index (χ0) is 17.4. The van der Waals surface area contributed by atoms with Crippen LogP contribution in [-0.2, 0) is 9.47 Å². The van der Waals surface area contributed by atoms with E-state index in [0.29, 0.717) is 18.4 Å². The summed E-state index contributed by atoms with van der Waals surface area (Å²) in [6.07, 6.45) is 5.80. The van der Waals surface area contributed by atoms with Crippen molar-refractivity contribution in [1.29, 1.82) is 0 Å². The zero-order valence-electron chi connectivity index (χ0n) is 15.7. The van der Waals surface area contributed by atoms with Gasteiger partial charge in [0.05, 0.1) is 30.5 Å². The fourth-order valence-electron chi connectivity index (χ4n) is 6.70. The van der Waals surface area contributed by atoms with Crippen LogP contribution in [0.5, 0.6) is 0 Å². The molecule has 0 unspecified atom stereocenters. The van der Waals surface area contributed by atoms with Gasteiger partial charge in [0.25, 0.3) is 0 Å². The number of epoxide rings is 2. The highest BCUT2D eigenvalue weighted by atomic mass is 16.6. The van der Waals surface area contributed by atoms with Crippen molar-refractivity contribution in [3.63, 3.8) is 0 Å². The highest BCUT2D eigenvalue weighted by Crippen LogP contribution is 2.66. The smallest absolute Gasteiger partial charge is 0.109 e. The Labute approximate surface area is 145 Å². The predicted octanol–water partition coefficient (Wildman–Crippen LogP) is 2.90. The molecule has 2 saturated carbocycles. The van der Waals surface area contributed by atoms with E-state index in [0.717, 1.165) is 32.3 Å². The minimum atomic E-state index is -0.734. The van der Waals surface area contributed by atoms with Gasteiger partial charge in [-0.1, -0.05) is 27.2 Å². The maximum Gasteiger partial charge on any atom is 0.109 e. The van der Waals surface area contributed by atoms with Gasteiger partial charge >= 0.3 is 0 Å². The van der Waals surface area contributed by atoms with Gasteiger partial charge in [-0.3, -0.25) is 0 Å². The summed E-state index contributed by atoms with van der Waals surface area (Å²) in [5, 5.41) is 21.7. The zero-order valence-corrected chi connectivity index (χ0v) is 15.7. The standard InChI is InChI=1S/C20H34O4/c1-17(2)7-5-8-18(3)14(6-9-19(4,22)15-11-23-15)20(12-24-20)10-13(21)16(17)18/h13-16,21-22H,5-12H2,1-4H3/t13-,14+,15+,16+,18-,19+,20-/m0/s1. The van der Waals surface area contributed by atoms with Crippen molar-refractivity contribution in [3.05, 3.63) is 0 Å². The fourth-order valence-corrected chi connectivity index (χ4v) is 6.70. The van der Waals surface area contributed by atoms with Crippen LogP contribution in [0.4, 0.5) is 0 Å². The first-order chi connectivity index (χ1) is 11.1. The van der Waals surface area contributed by atoms with Gasteiger partial charge in [0.1, 0.15) is 6.10 Å². The first-order valence-electron chi connectivity index (χ1n) is 9.77. The molecule has 4 heteroatoms. The molecule has 0 amide bonds. The molecule has 0 bridgehead atoms. The Kier molecular flexibility index (Phi) is 3.73. The van der Waals surface area contributed by atoms with E-state index in [9.17, 15) is 10.2 Å². The highest BCUT2D eigenvalue weighted by Gasteiger charge is 2.67. The molecule has 0 aromatic heterocycles. The summed E-state index contributed by atoms with van der Waals surface area (Å²) in [5.74, 6) is 0.740. The normalized spacial score (nSPS) is 51.8. The molecule has 2 aliphatic carbocycles. The molecule has 0 radical (unpaired) electrons. The van der Waals surface area contributed by atoms with E-state index in [2.05, 4.69) is 20.8 Å². The lowest BCUT2D eigenvalue weighted by Crippen LogP contribution is -2.60. The molecular weight excluding hydrogens is 304 g/mol. The van der Waals surface area contributed by atoms with Crippen molar-refractivity contribution in [3.8, 4) is 0 Å². The Morgan fingerprint density at radius 1 is 1.21 bits per heavy atom. The lowest BCUT2D eigenvalue weighted by molar-refractivity contribution is -0.169. The molecule has 4 nitrogen and oxygen atoms in total. The lowest BCUT2D eigenvalue weighted by atomic mass is 9.45. The summed E-state index contributed by atoms with van der Waals surface area (Å²) >= 11 is 0. The van der Waals surface area contributed by atoms with Gasteiger partial charge < -0.3 is 19.7 Å². The van der Waals surface area contributed by atoms with E-state index in [1.54, 1.807) is 0 Å². The van der Waals surface area contributed by atoms with Crippen LogP contribution in [0.3, 0.4) is 0 Å². The summed E-state index contributed by atoms with van der Waals surface area (Å²) in [6, 6.07) is 0. The van der Waals surface area contributed by atoms with Crippen molar-refractivity contribution >= 4 is 0 Å². The molecule has 4 aliphatic rings. The monoisotopic (exact) mass is 338 g/mol. The molecule has 2 N–H and O–H groups in total. The molecular formula is C20H34O4. The Balaban J connectivity index is 1.60. The second kappa shape index (κ2) is 5.18. The summed E-state index contributed by atoms with van der Waals surface area (Å²) in [7, 11) is 0. The topological polar surface area (TPSA) is 65.5 Å². The third-order valence-corrected chi connectivity index (χ3v) is 7.94. The minimum Gasteiger partial charge on any atom is -0.393 e. The fraction of sp³-hybridized carbons (Fsp3) is 1.00. The third-order valence-electron chi connectivity index (χ3n) is 7.94. The Bertz CT molecular complexity index is 506. The minimum absolute atomic E-state index is 0.00847. The van der Waals surface area contributed by atoms with E-state index in [1.807, 2.05) is 6.92 Å². The van der Waals surface area contributed by atoms with Gasteiger partial charge in [0.15, 0.2) is 0 Å². The number of ether oxygens (including phenoxy) is 2. The highest BCUT2D eigenvalue weighted by molar-refractivity contribution is 5.16. The molecule has 0 aromatic rings. The van der Waals surface area contributed by atoms with Gasteiger partial charge in [-0.2, -0.15) is 0 Å². The van der Waals surface area contributed by atoms with Crippen LogP contribution in [0.1, 0.15) is 66.2 Å². The van der Waals surface area contributed by atoms with Crippen LogP contribution >= 0.6 is 0 Å². The van der Waals surface area contributed by atoms with Gasteiger partial charge in [-0.15, -0.1) is 0 Å². The lowest BCUT2D eigenvalue weighted by Gasteiger charge is -2.61. The van der Waals surface area contributed by atoms with Crippen molar-refractivity contribution < 1.29 is 19.7 Å². The Hall–Kier alpha value is -0.160. The number of hydrogen-bond donors (Lipinski definition) is 2. The Morgan fingerprint density at radius 3 is 2.46 bits per heavy atom. The number of hydrogen-bond acceptors (Lipinski definition) is 4. The second-order valence-corrected chi connectivity index (χ2v) is 10.2. The number of rotatable bonds is 4. The molecule has 2 heterocycles. The maximum atomic E-state index is 11.0. The Morgan fingerprint density at radius 2 is 1.88 bits per heavy atom. The van der Waals surface area contributed by atoms with Crippen LogP contribution in [0.2, 0.25) is 0 Å². The average molecular weight is 338 g/mol. The van der Waals surface area contributed by atoms with Crippen molar-refractivity contribution in [1.82, 2.24) is 0 Å². The number of aliphatic hydroxyl groups excluding tert-OH is 1. The van der Waals surface area contributed by atoms with Crippen molar-refractivity contribution in [2.24, 2.45) is 22.7 Å². The molecule has 24 heavy (non-hydrogen) atoms. The molecule has 2 aliphatic heterocycles. The van der Waals surface area contributed by atoms with Crippen LogP contribution in [0.25, 0.3) is 0 Å². The van der Waals surface area contributed by atoms with Crippen LogP contribution < -0.4 is 0 Å². The van der Waals surface area contributed by atoms with Crippen molar-refractivity contribution in [2.45, 2.75) is 89.6 Å². The molecule has 4 fully saturated rings. The van der Waals surface area contributed by atoms with E-state index in [1.165, 1.54) is 12.8 Å². The second-order valence-electron chi connectivity index (χ2n) is 10.2. The maximum absolute atomic E-state index is 11.0. The van der Waals surface area contributed by atoms with Crippen LogP contribution in [0.15, 0.2) is 0 Å². The quantitative estimate of drug-likeness (QED) is 0.774. The first kappa shape index (κ1) is 17.3. The number of aliphatic hydroxyl groups is 2. The summed E-state index contributed by atoms with van der Waals surface area (Å²) < 4.78 is 11.3. The van der Waals surface area contributed by atoms with Crippen LogP contribution in [-0.4, -0.2) is 46.8 Å². The first-order valence-corrected chi connectivity index (χ1v) is 9.77. The van der Waals surface area contributed by atoms with Gasteiger partial charge in [0.2, 0.25) is 0 Å². The molecule has 2 saturated heterocycles. The predicted molar refractivity (Wildman–Crippen MR) is 91.6 cm³/mol. The van der Waals surface area contributed by atoms with Crippen molar-refractivity contribution in [2.75, 3.05) is 13.2 Å². The van der Waals surface area contributed by atoms with Crippen LogP contribution in [0, 0.1) is 22.7 Å². The van der Waals surface area contributed by atoms with E-state index in [4.69, 9.17) is 9.47 Å². The van der Waals surface area contributed by atoms with E-state index in [-0.39, 0.29) is 28.6 Å². The summed E-state index contributed by atoms with van der Waals surface area (Å²) in [4.78, 5) is 0. The SMILES string of the molecule is CC1(C)CCC[C@]2(C)[C@@H]1[C@@H](O)C[C@]1(CO1)[C@@H]2CC[C@@](C)(O)[C@H]1CO1. The molecule has 4 rings (SSSR count). The van der Waals surface area contributed by atoms with E-state index >= 15 is 0 Å². The van der Waals surface area contributed by atoms with Gasteiger partial charge in [-0.25, -0.2) is 0 Å². The van der Waals surface area contributed by atoms with Gasteiger partial charge in [0, 0.05) is 6.42 Å². The molecule has 7 atom stereocenters.